The van der Waals surface area contributed by atoms with E-state index in [0.717, 1.165) is 36.3 Å². The Morgan fingerprint density at radius 3 is 2.37 bits per heavy atom. The highest BCUT2D eigenvalue weighted by atomic mass is 16.5. The second-order valence-electron chi connectivity index (χ2n) is 6.36. The van der Waals surface area contributed by atoms with Crippen molar-refractivity contribution in [1.29, 1.82) is 0 Å². The summed E-state index contributed by atoms with van der Waals surface area (Å²) < 4.78 is 5.20. The summed E-state index contributed by atoms with van der Waals surface area (Å²) in [5.74, 6) is 3.39. The summed E-state index contributed by atoms with van der Waals surface area (Å²) in [5, 5.41) is 3.40. The molecule has 0 fully saturated rings. The highest BCUT2D eigenvalue weighted by Gasteiger charge is 2.10. The molecule has 0 unspecified atom stereocenters. The van der Waals surface area contributed by atoms with E-state index in [2.05, 4.69) is 63.5 Å². The van der Waals surface area contributed by atoms with Crippen LogP contribution >= 0.6 is 0 Å². The first-order valence-corrected chi connectivity index (χ1v) is 9.19. The van der Waals surface area contributed by atoms with Gasteiger partial charge in [-0.05, 0) is 37.1 Å². The zero-order chi connectivity index (χ0) is 19.1. The van der Waals surface area contributed by atoms with Crippen molar-refractivity contribution in [3.63, 3.8) is 0 Å². The maximum Gasteiger partial charge on any atom is 0.134 e. The van der Waals surface area contributed by atoms with Gasteiger partial charge in [-0.15, -0.1) is 0 Å². The third kappa shape index (κ3) is 5.20. The summed E-state index contributed by atoms with van der Waals surface area (Å²) in [4.78, 5) is 11.4. The van der Waals surface area contributed by atoms with Crippen LogP contribution in [0.1, 0.15) is 23.9 Å². The number of aromatic nitrogens is 2. The van der Waals surface area contributed by atoms with Gasteiger partial charge in [0.05, 0.1) is 7.11 Å². The van der Waals surface area contributed by atoms with Crippen LogP contribution in [0.25, 0.3) is 0 Å². The summed E-state index contributed by atoms with van der Waals surface area (Å²) in [6.45, 7) is 6.48. The first-order valence-electron chi connectivity index (χ1n) is 9.19. The van der Waals surface area contributed by atoms with Crippen molar-refractivity contribution in [3.05, 3.63) is 77.6 Å². The van der Waals surface area contributed by atoms with Crippen LogP contribution in [0.2, 0.25) is 0 Å². The molecule has 140 valence electrons. The van der Waals surface area contributed by atoms with E-state index in [-0.39, 0.29) is 0 Å². The number of nitrogens with one attached hydrogen (secondary N) is 1. The Bertz CT molecular complexity index is 850. The van der Waals surface area contributed by atoms with Crippen molar-refractivity contribution in [2.24, 2.45) is 0 Å². The van der Waals surface area contributed by atoms with Gasteiger partial charge >= 0.3 is 0 Å². The van der Waals surface area contributed by atoms with Gasteiger partial charge in [-0.1, -0.05) is 42.5 Å². The lowest BCUT2D eigenvalue weighted by atomic mass is 10.2. The topological polar surface area (TPSA) is 50.3 Å². The van der Waals surface area contributed by atoms with Crippen molar-refractivity contribution in [2.75, 3.05) is 23.9 Å². The second-order valence-corrected chi connectivity index (χ2v) is 6.36. The van der Waals surface area contributed by atoms with E-state index in [9.17, 15) is 0 Å². The molecule has 3 aromatic rings. The highest BCUT2D eigenvalue weighted by molar-refractivity contribution is 5.50. The van der Waals surface area contributed by atoms with Crippen LogP contribution in [-0.4, -0.2) is 23.6 Å². The standard InChI is InChI=1S/C22H26N4O/c1-4-26(16-19-8-6-5-7-9-19)22-14-21(24-17(2)25-22)23-15-18-10-12-20(27-3)13-11-18/h5-14H,4,15-16H2,1-3H3,(H,23,24,25). The van der Waals surface area contributed by atoms with Crippen LogP contribution in [-0.2, 0) is 13.1 Å². The number of nitrogens with zero attached hydrogens (tertiary/aromatic N) is 3. The molecule has 5 nitrogen and oxygen atoms in total. The average molecular weight is 362 g/mol. The van der Waals surface area contributed by atoms with E-state index in [1.807, 2.05) is 31.2 Å². The van der Waals surface area contributed by atoms with Crippen LogP contribution in [0.5, 0.6) is 5.75 Å². The van der Waals surface area contributed by atoms with Gasteiger partial charge < -0.3 is 15.0 Å². The average Bonchev–Trinajstić information content (AvgIpc) is 2.71. The Labute approximate surface area is 161 Å². The van der Waals surface area contributed by atoms with Gasteiger partial charge in [-0.25, -0.2) is 9.97 Å². The van der Waals surface area contributed by atoms with E-state index in [1.165, 1.54) is 11.1 Å². The quantitative estimate of drug-likeness (QED) is 0.642. The molecule has 1 aromatic heterocycles. The van der Waals surface area contributed by atoms with Crippen LogP contribution in [0.3, 0.4) is 0 Å². The fraction of sp³-hybridized carbons (Fsp3) is 0.273. The van der Waals surface area contributed by atoms with E-state index >= 15 is 0 Å². The molecule has 5 heteroatoms. The molecule has 1 N–H and O–H groups in total. The molecule has 0 aliphatic rings. The SMILES string of the molecule is CCN(Cc1ccccc1)c1cc(NCc2ccc(OC)cc2)nc(C)n1. The molecule has 0 saturated carbocycles. The minimum atomic E-state index is 0.699. The monoisotopic (exact) mass is 362 g/mol. The molecule has 0 spiro atoms. The third-order valence-electron chi connectivity index (χ3n) is 4.38. The largest absolute Gasteiger partial charge is 0.497 e. The second kappa shape index (κ2) is 9.03. The van der Waals surface area contributed by atoms with E-state index < -0.39 is 0 Å². The number of ether oxygens (including phenoxy) is 1. The number of benzene rings is 2. The molecule has 0 saturated heterocycles. The molecule has 3 rings (SSSR count). The van der Waals surface area contributed by atoms with Crippen molar-refractivity contribution >= 4 is 11.6 Å². The molecule has 0 atom stereocenters. The maximum atomic E-state index is 5.20. The molecule has 27 heavy (non-hydrogen) atoms. The van der Waals surface area contributed by atoms with Gasteiger partial charge in [0, 0.05) is 25.7 Å². The minimum Gasteiger partial charge on any atom is -0.497 e. The first-order chi connectivity index (χ1) is 13.2. The molecule has 0 bridgehead atoms. The highest BCUT2D eigenvalue weighted by Crippen LogP contribution is 2.19. The van der Waals surface area contributed by atoms with Gasteiger partial charge in [-0.3, -0.25) is 0 Å². The molecular weight excluding hydrogens is 336 g/mol. The smallest absolute Gasteiger partial charge is 0.134 e. The van der Waals surface area contributed by atoms with Crippen molar-refractivity contribution in [1.82, 2.24) is 9.97 Å². The lowest BCUT2D eigenvalue weighted by Crippen LogP contribution is -2.23. The van der Waals surface area contributed by atoms with Crippen LogP contribution in [0.4, 0.5) is 11.6 Å². The van der Waals surface area contributed by atoms with Gasteiger partial charge in [0.1, 0.15) is 23.2 Å². The van der Waals surface area contributed by atoms with E-state index in [4.69, 9.17) is 4.74 Å². The zero-order valence-corrected chi connectivity index (χ0v) is 16.1. The molecule has 0 amide bonds. The van der Waals surface area contributed by atoms with Gasteiger partial charge in [-0.2, -0.15) is 0 Å². The Kier molecular flexibility index (Phi) is 6.26. The molecular formula is C22H26N4O. The van der Waals surface area contributed by atoms with Crippen LogP contribution in [0.15, 0.2) is 60.7 Å². The Morgan fingerprint density at radius 1 is 0.963 bits per heavy atom. The predicted molar refractivity (Wildman–Crippen MR) is 110 cm³/mol. The van der Waals surface area contributed by atoms with Gasteiger partial charge in [0.15, 0.2) is 0 Å². The van der Waals surface area contributed by atoms with Crippen molar-refractivity contribution in [2.45, 2.75) is 26.9 Å². The fourth-order valence-electron chi connectivity index (χ4n) is 2.90. The molecule has 1 heterocycles. The van der Waals surface area contributed by atoms with Crippen molar-refractivity contribution < 1.29 is 4.74 Å². The van der Waals surface area contributed by atoms with Crippen LogP contribution < -0.4 is 15.0 Å². The van der Waals surface area contributed by atoms with Gasteiger partial charge in [0.25, 0.3) is 0 Å². The number of methoxy groups -OCH3 is 1. The molecule has 2 aromatic carbocycles. The number of rotatable bonds is 8. The molecule has 0 radical (unpaired) electrons. The van der Waals surface area contributed by atoms with E-state index in [0.29, 0.717) is 6.54 Å². The first kappa shape index (κ1) is 18.7. The maximum absolute atomic E-state index is 5.20. The van der Waals surface area contributed by atoms with E-state index in [1.54, 1.807) is 7.11 Å². The number of anilines is 2. The summed E-state index contributed by atoms with van der Waals surface area (Å²) in [6.07, 6.45) is 0. The van der Waals surface area contributed by atoms with Crippen LogP contribution in [0, 0.1) is 6.92 Å². The lowest BCUT2D eigenvalue weighted by molar-refractivity contribution is 0.414. The minimum absolute atomic E-state index is 0.699. The number of aryl methyl sites for hydroxylation is 1. The summed E-state index contributed by atoms with van der Waals surface area (Å²) in [5.41, 5.74) is 2.44. The predicted octanol–water partition coefficient (Wildman–Crippen LogP) is 4.43. The third-order valence-corrected chi connectivity index (χ3v) is 4.38. The Morgan fingerprint density at radius 2 is 1.70 bits per heavy atom. The Balaban J connectivity index is 1.72. The summed E-state index contributed by atoms with van der Waals surface area (Å²) in [6, 6.07) is 20.5. The summed E-state index contributed by atoms with van der Waals surface area (Å²) in [7, 11) is 1.67. The Hall–Kier alpha value is -3.08. The molecule has 0 aliphatic heterocycles. The van der Waals surface area contributed by atoms with Gasteiger partial charge in [0.2, 0.25) is 0 Å². The fourth-order valence-corrected chi connectivity index (χ4v) is 2.90. The number of hydrogen-bond donors (Lipinski definition) is 1. The van der Waals surface area contributed by atoms with Crippen molar-refractivity contribution in [3.8, 4) is 5.75 Å². The summed E-state index contributed by atoms with van der Waals surface area (Å²) >= 11 is 0. The normalized spacial score (nSPS) is 10.5. The zero-order valence-electron chi connectivity index (χ0n) is 16.1. The lowest BCUT2D eigenvalue weighted by Gasteiger charge is -2.23. The molecule has 0 aliphatic carbocycles. The number of hydrogen-bond acceptors (Lipinski definition) is 5.